The molecule has 1 aromatic carbocycles. The van der Waals surface area contributed by atoms with Crippen molar-refractivity contribution in [2.75, 3.05) is 5.73 Å². The van der Waals surface area contributed by atoms with Crippen molar-refractivity contribution in [2.24, 2.45) is 0 Å². The molecule has 1 unspecified atom stereocenters. The number of hydrogen-bond acceptors (Lipinski definition) is 2. The van der Waals surface area contributed by atoms with E-state index in [1.54, 1.807) is 0 Å². The van der Waals surface area contributed by atoms with E-state index in [9.17, 15) is 0 Å². The molecule has 1 aromatic heterocycles. The summed E-state index contributed by atoms with van der Waals surface area (Å²) >= 11 is 0. The third kappa shape index (κ3) is 3.29. The van der Waals surface area contributed by atoms with Crippen LogP contribution in [0.1, 0.15) is 69.5 Å². The van der Waals surface area contributed by atoms with E-state index in [1.807, 2.05) is 6.07 Å². The number of aromatic nitrogens is 2. The van der Waals surface area contributed by atoms with Crippen LogP contribution in [0.15, 0.2) is 30.3 Å². The number of hydrogen-bond donors (Lipinski definition) is 1. The number of nitrogen functional groups attached to an aromatic ring is 1. The average Bonchev–Trinajstić information content (AvgIpc) is 2.82. The van der Waals surface area contributed by atoms with Crippen LogP contribution in [-0.2, 0) is 6.54 Å². The molecule has 0 aliphatic carbocycles. The summed E-state index contributed by atoms with van der Waals surface area (Å²) < 4.78 is 2.21. The van der Waals surface area contributed by atoms with E-state index in [1.165, 1.54) is 12.0 Å². The summed E-state index contributed by atoms with van der Waals surface area (Å²) in [6.45, 7) is 9.71. The van der Waals surface area contributed by atoms with E-state index in [0.29, 0.717) is 5.92 Å². The fourth-order valence-corrected chi connectivity index (χ4v) is 2.71. The van der Waals surface area contributed by atoms with Crippen molar-refractivity contribution in [3.05, 3.63) is 47.4 Å². The van der Waals surface area contributed by atoms with E-state index < -0.39 is 0 Å². The Morgan fingerprint density at radius 1 is 1.14 bits per heavy atom. The maximum atomic E-state index is 6.42. The van der Waals surface area contributed by atoms with Crippen LogP contribution in [0.3, 0.4) is 0 Å². The highest BCUT2D eigenvalue weighted by atomic mass is 15.1. The Hall–Kier alpha value is -1.77. The third-order valence-electron chi connectivity index (χ3n) is 4.03. The Labute approximate surface area is 128 Å². The summed E-state index contributed by atoms with van der Waals surface area (Å²) in [5.41, 5.74) is 8.70. The fraction of sp³-hybridized carbons (Fsp3) is 0.500. The molecule has 0 saturated carbocycles. The van der Waals surface area contributed by atoms with Gasteiger partial charge in [0.25, 0.3) is 0 Å². The molecule has 0 fully saturated rings. The van der Waals surface area contributed by atoms with Gasteiger partial charge in [0, 0.05) is 18.4 Å². The first-order valence-corrected chi connectivity index (χ1v) is 7.97. The number of rotatable bonds is 6. The Kier molecular flexibility index (Phi) is 5.05. The van der Waals surface area contributed by atoms with Crippen molar-refractivity contribution in [3.8, 4) is 0 Å². The quantitative estimate of drug-likeness (QED) is 0.846. The van der Waals surface area contributed by atoms with Gasteiger partial charge in [0.2, 0.25) is 0 Å². The molecule has 2 aromatic rings. The maximum Gasteiger partial charge on any atom is 0.127 e. The SMILES string of the molecule is CCCCn1c(C(C)C)nc(C(C)c2ccccc2)c1N. The average molecular weight is 285 g/mol. The molecule has 0 aliphatic heterocycles. The molecule has 0 amide bonds. The monoisotopic (exact) mass is 285 g/mol. The van der Waals surface area contributed by atoms with Gasteiger partial charge in [-0.3, -0.25) is 0 Å². The number of nitrogens with zero attached hydrogens (tertiary/aromatic N) is 2. The first-order valence-electron chi connectivity index (χ1n) is 7.97. The molecule has 1 atom stereocenters. The second-order valence-corrected chi connectivity index (χ2v) is 6.03. The van der Waals surface area contributed by atoms with Gasteiger partial charge in [-0.05, 0) is 12.0 Å². The van der Waals surface area contributed by atoms with Crippen LogP contribution >= 0.6 is 0 Å². The number of benzene rings is 1. The van der Waals surface area contributed by atoms with Gasteiger partial charge in [0.05, 0.1) is 5.69 Å². The zero-order valence-corrected chi connectivity index (χ0v) is 13.6. The molecule has 0 aliphatic rings. The summed E-state index contributed by atoms with van der Waals surface area (Å²) in [4.78, 5) is 4.88. The van der Waals surface area contributed by atoms with E-state index in [2.05, 4.69) is 56.5 Å². The minimum absolute atomic E-state index is 0.228. The van der Waals surface area contributed by atoms with Gasteiger partial charge in [-0.1, -0.05) is 64.4 Å². The van der Waals surface area contributed by atoms with Crippen LogP contribution in [0.4, 0.5) is 5.82 Å². The van der Waals surface area contributed by atoms with Gasteiger partial charge in [-0.25, -0.2) is 4.98 Å². The highest BCUT2D eigenvalue weighted by molar-refractivity contribution is 5.45. The van der Waals surface area contributed by atoms with Crippen molar-refractivity contribution in [2.45, 2.75) is 58.9 Å². The molecule has 1 heterocycles. The van der Waals surface area contributed by atoms with E-state index in [4.69, 9.17) is 10.7 Å². The van der Waals surface area contributed by atoms with Crippen molar-refractivity contribution in [1.82, 2.24) is 9.55 Å². The molecule has 3 nitrogen and oxygen atoms in total. The largest absolute Gasteiger partial charge is 0.384 e. The minimum atomic E-state index is 0.228. The van der Waals surface area contributed by atoms with Crippen LogP contribution in [-0.4, -0.2) is 9.55 Å². The van der Waals surface area contributed by atoms with Crippen LogP contribution in [0.5, 0.6) is 0 Å². The molecule has 21 heavy (non-hydrogen) atoms. The lowest BCUT2D eigenvalue weighted by atomic mass is 9.98. The second kappa shape index (κ2) is 6.79. The maximum absolute atomic E-state index is 6.42. The van der Waals surface area contributed by atoms with Crippen molar-refractivity contribution in [1.29, 1.82) is 0 Å². The number of imidazole rings is 1. The summed E-state index contributed by atoms with van der Waals surface area (Å²) in [7, 11) is 0. The Balaban J connectivity index is 2.40. The molecule has 3 heteroatoms. The smallest absolute Gasteiger partial charge is 0.127 e. The van der Waals surface area contributed by atoms with Gasteiger partial charge in [0.1, 0.15) is 11.6 Å². The van der Waals surface area contributed by atoms with Crippen molar-refractivity contribution < 1.29 is 0 Å². The molecule has 0 bridgehead atoms. The zero-order valence-electron chi connectivity index (χ0n) is 13.6. The summed E-state index contributed by atoms with van der Waals surface area (Å²) in [5.74, 6) is 2.56. The molecule has 2 N–H and O–H groups in total. The van der Waals surface area contributed by atoms with E-state index in [0.717, 1.165) is 30.3 Å². The lowest BCUT2D eigenvalue weighted by Crippen LogP contribution is -2.09. The Morgan fingerprint density at radius 2 is 1.81 bits per heavy atom. The number of unbranched alkanes of at least 4 members (excludes halogenated alkanes) is 1. The second-order valence-electron chi connectivity index (χ2n) is 6.03. The highest BCUT2D eigenvalue weighted by Crippen LogP contribution is 2.31. The van der Waals surface area contributed by atoms with Gasteiger partial charge < -0.3 is 10.3 Å². The molecular formula is C18H27N3. The predicted octanol–water partition coefficient (Wildman–Crippen LogP) is 4.54. The van der Waals surface area contributed by atoms with Crippen LogP contribution in [0.25, 0.3) is 0 Å². The molecule has 0 radical (unpaired) electrons. The van der Waals surface area contributed by atoms with Crippen molar-refractivity contribution >= 4 is 5.82 Å². The predicted molar refractivity (Wildman–Crippen MR) is 89.6 cm³/mol. The molecular weight excluding hydrogens is 258 g/mol. The van der Waals surface area contributed by atoms with Gasteiger partial charge in [-0.2, -0.15) is 0 Å². The van der Waals surface area contributed by atoms with E-state index >= 15 is 0 Å². The fourth-order valence-electron chi connectivity index (χ4n) is 2.71. The minimum Gasteiger partial charge on any atom is -0.384 e. The van der Waals surface area contributed by atoms with Crippen LogP contribution in [0.2, 0.25) is 0 Å². The Morgan fingerprint density at radius 3 is 2.38 bits per heavy atom. The topological polar surface area (TPSA) is 43.8 Å². The molecule has 0 spiro atoms. The zero-order chi connectivity index (χ0) is 15.4. The lowest BCUT2D eigenvalue weighted by Gasteiger charge is -2.12. The standard InChI is InChI=1S/C18H27N3/c1-5-6-12-21-17(19)16(20-18(21)13(2)3)14(4)15-10-8-7-9-11-15/h7-11,13-14H,5-6,12,19H2,1-4H3. The van der Waals surface area contributed by atoms with Crippen LogP contribution < -0.4 is 5.73 Å². The first kappa shape index (κ1) is 15.6. The summed E-state index contributed by atoms with van der Waals surface area (Å²) in [6, 6.07) is 10.5. The van der Waals surface area contributed by atoms with Gasteiger partial charge >= 0.3 is 0 Å². The van der Waals surface area contributed by atoms with Crippen molar-refractivity contribution in [3.63, 3.8) is 0 Å². The Bertz CT molecular complexity index is 570. The van der Waals surface area contributed by atoms with Crippen LogP contribution in [0, 0.1) is 0 Å². The first-order chi connectivity index (χ1) is 10.1. The highest BCUT2D eigenvalue weighted by Gasteiger charge is 2.21. The third-order valence-corrected chi connectivity index (χ3v) is 4.03. The normalized spacial score (nSPS) is 12.8. The summed E-state index contributed by atoms with van der Waals surface area (Å²) in [6.07, 6.45) is 2.30. The van der Waals surface area contributed by atoms with Gasteiger partial charge in [0.15, 0.2) is 0 Å². The lowest BCUT2D eigenvalue weighted by molar-refractivity contribution is 0.588. The summed E-state index contributed by atoms with van der Waals surface area (Å²) in [5, 5.41) is 0. The number of nitrogens with two attached hydrogens (primary N) is 1. The van der Waals surface area contributed by atoms with E-state index in [-0.39, 0.29) is 5.92 Å². The molecule has 114 valence electrons. The number of anilines is 1. The van der Waals surface area contributed by atoms with Gasteiger partial charge in [-0.15, -0.1) is 0 Å². The molecule has 2 rings (SSSR count). The molecule has 0 saturated heterocycles.